The maximum Gasteiger partial charge on any atom is 0.200 e. The molecule has 0 atom stereocenters. The fourth-order valence-corrected chi connectivity index (χ4v) is 2.82. The number of hydrogen-bond acceptors (Lipinski definition) is 5. The molecule has 3 aromatic heterocycles. The molecule has 0 fully saturated rings. The molecule has 0 saturated carbocycles. The minimum absolute atomic E-state index is 0.695. The van der Waals surface area contributed by atoms with E-state index in [9.17, 15) is 0 Å². The van der Waals surface area contributed by atoms with Gasteiger partial charge in [-0.2, -0.15) is 9.61 Å². The van der Waals surface area contributed by atoms with Gasteiger partial charge < -0.3 is 5.32 Å². The molecule has 6 nitrogen and oxygen atoms in total. The van der Waals surface area contributed by atoms with Gasteiger partial charge in [-0.25, -0.2) is 0 Å². The molecule has 1 N–H and O–H groups in total. The summed E-state index contributed by atoms with van der Waals surface area (Å²) >= 11 is 0. The summed E-state index contributed by atoms with van der Waals surface area (Å²) in [7, 11) is 0. The van der Waals surface area contributed by atoms with Crippen LogP contribution < -0.4 is 5.32 Å². The third-order valence-corrected chi connectivity index (χ3v) is 3.98. The third kappa shape index (κ3) is 2.38. The summed E-state index contributed by atoms with van der Waals surface area (Å²) < 4.78 is 1.69. The smallest absolute Gasteiger partial charge is 0.200 e. The van der Waals surface area contributed by atoms with Crippen molar-refractivity contribution >= 4 is 22.2 Å². The van der Waals surface area contributed by atoms with Crippen molar-refractivity contribution in [2.24, 2.45) is 0 Å². The van der Waals surface area contributed by atoms with E-state index in [4.69, 9.17) is 0 Å². The topological polar surface area (TPSA) is 68.0 Å². The van der Waals surface area contributed by atoms with Crippen LogP contribution in [0.5, 0.6) is 0 Å². The molecule has 0 saturated heterocycles. The van der Waals surface area contributed by atoms with Crippen molar-refractivity contribution in [1.29, 1.82) is 0 Å². The maximum atomic E-state index is 4.43. The van der Waals surface area contributed by atoms with E-state index in [0.29, 0.717) is 6.54 Å². The van der Waals surface area contributed by atoms with E-state index in [0.717, 1.165) is 22.5 Å². The number of anilines is 1. The number of nitrogens with one attached hydrogen (secondary N) is 1. The molecule has 0 bridgehead atoms. The molecule has 0 amide bonds. The Hall–Kier alpha value is -3.02. The van der Waals surface area contributed by atoms with Gasteiger partial charge in [-0.3, -0.25) is 4.98 Å². The summed E-state index contributed by atoms with van der Waals surface area (Å²) in [5.74, 6) is 0. The van der Waals surface area contributed by atoms with Gasteiger partial charge in [-0.1, -0.05) is 12.1 Å². The van der Waals surface area contributed by atoms with Crippen LogP contribution in [0, 0.1) is 13.8 Å². The van der Waals surface area contributed by atoms with Crippen molar-refractivity contribution < 1.29 is 0 Å². The first kappa shape index (κ1) is 13.6. The Morgan fingerprint density at radius 2 is 2.09 bits per heavy atom. The Balaban J connectivity index is 1.74. The van der Waals surface area contributed by atoms with Gasteiger partial charge in [0.1, 0.15) is 6.33 Å². The second kappa shape index (κ2) is 5.31. The van der Waals surface area contributed by atoms with E-state index < -0.39 is 0 Å². The van der Waals surface area contributed by atoms with Crippen molar-refractivity contribution in [1.82, 2.24) is 24.8 Å². The summed E-state index contributed by atoms with van der Waals surface area (Å²) in [6, 6.07) is 10.2. The summed E-state index contributed by atoms with van der Waals surface area (Å²) in [5, 5.41) is 17.1. The molecular weight excluding hydrogens is 288 g/mol. The molecule has 1 aromatic carbocycles. The number of rotatable bonds is 3. The summed E-state index contributed by atoms with van der Waals surface area (Å²) in [6.07, 6.45) is 3.43. The normalized spacial score (nSPS) is 11.2. The fourth-order valence-electron chi connectivity index (χ4n) is 2.82. The zero-order chi connectivity index (χ0) is 15.8. The average molecular weight is 304 g/mol. The SMILES string of the molecule is Cc1cc(NCc2c(C)ccc3ncccc23)c2nncn2n1. The number of fused-ring (bicyclic) bond motifs is 2. The molecule has 6 heteroatoms. The van der Waals surface area contributed by atoms with Crippen LogP contribution in [0.25, 0.3) is 16.6 Å². The highest BCUT2D eigenvalue weighted by Crippen LogP contribution is 2.23. The van der Waals surface area contributed by atoms with Gasteiger partial charge >= 0.3 is 0 Å². The number of aryl methyl sites for hydroxylation is 2. The second-order valence-corrected chi connectivity index (χ2v) is 5.58. The highest BCUT2D eigenvalue weighted by atomic mass is 15.3. The largest absolute Gasteiger partial charge is 0.378 e. The van der Waals surface area contributed by atoms with Gasteiger partial charge in [-0.15, -0.1) is 10.2 Å². The van der Waals surface area contributed by atoms with E-state index in [1.807, 2.05) is 25.3 Å². The third-order valence-electron chi connectivity index (χ3n) is 3.98. The molecular formula is C17H16N6. The Bertz CT molecular complexity index is 1000. The number of benzene rings is 1. The number of nitrogens with zero attached hydrogens (tertiary/aromatic N) is 5. The minimum Gasteiger partial charge on any atom is -0.378 e. The van der Waals surface area contributed by atoms with Gasteiger partial charge in [0.15, 0.2) is 0 Å². The Morgan fingerprint density at radius 3 is 3.00 bits per heavy atom. The molecule has 4 aromatic rings. The molecule has 0 radical (unpaired) electrons. The highest BCUT2D eigenvalue weighted by Gasteiger charge is 2.09. The van der Waals surface area contributed by atoms with E-state index in [-0.39, 0.29) is 0 Å². The second-order valence-electron chi connectivity index (χ2n) is 5.58. The Morgan fingerprint density at radius 1 is 1.17 bits per heavy atom. The van der Waals surface area contributed by atoms with Crippen molar-refractivity contribution in [2.45, 2.75) is 20.4 Å². The van der Waals surface area contributed by atoms with Gasteiger partial charge in [0.2, 0.25) is 5.65 Å². The fraction of sp³-hybridized carbons (Fsp3) is 0.176. The van der Waals surface area contributed by atoms with Crippen LogP contribution in [0.3, 0.4) is 0 Å². The molecule has 114 valence electrons. The van der Waals surface area contributed by atoms with Crippen LogP contribution in [0.2, 0.25) is 0 Å². The first-order chi connectivity index (χ1) is 11.2. The molecule has 0 aliphatic carbocycles. The lowest BCUT2D eigenvalue weighted by atomic mass is 10.0. The van der Waals surface area contributed by atoms with Crippen LogP contribution in [0.1, 0.15) is 16.8 Å². The van der Waals surface area contributed by atoms with Crippen molar-refractivity contribution in [3.8, 4) is 0 Å². The van der Waals surface area contributed by atoms with E-state index >= 15 is 0 Å². The quantitative estimate of drug-likeness (QED) is 0.630. The molecule has 0 spiro atoms. The monoisotopic (exact) mass is 304 g/mol. The average Bonchev–Trinajstić information content (AvgIpc) is 3.02. The molecule has 23 heavy (non-hydrogen) atoms. The van der Waals surface area contributed by atoms with Gasteiger partial charge in [0, 0.05) is 18.1 Å². The van der Waals surface area contributed by atoms with Crippen molar-refractivity contribution in [3.05, 3.63) is 59.7 Å². The predicted molar refractivity (Wildman–Crippen MR) is 89.3 cm³/mol. The Labute approximate surface area is 133 Å². The minimum atomic E-state index is 0.695. The van der Waals surface area contributed by atoms with Crippen molar-refractivity contribution in [2.75, 3.05) is 5.32 Å². The molecule has 0 aliphatic heterocycles. The zero-order valence-electron chi connectivity index (χ0n) is 13.0. The number of hydrogen-bond donors (Lipinski definition) is 1. The van der Waals surface area contributed by atoms with Crippen LogP contribution in [0.15, 0.2) is 42.9 Å². The summed E-state index contributed by atoms with van der Waals surface area (Å²) in [4.78, 5) is 4.43. The summed E-state index contributed by atoms with van der Waals surface area (Å²) in [5.41, 5.74) is 6.05. The predicted octanol–water partition coefficient (Wildman–Crippen LogP) is 2.90. The van der Waals surface area contributed by atoms with Crippen LogP contribution in [0.4, 0.5) is 5.69 Å². The lowest BCUT2D eigenvalue weighted by molar-refractivity contribution is 0.892. The standard InChI is InChI=1S/C17H16N6/c1-11-5-6-15-13(4-3-7-18-15)14(11)9-19-16-8-12(2)22-23-10-20-21-17(16)23/h3-8,10,19H,9H2,1-2H3. The molecule has 0 unspecified atom stereocenters. The van der Waals surface area contributed by atoms with E-state index in [1.165, 1.54) is 16.5 Å². The number of aromatic nitrogens is 5. The lowest BCUT2D eigenvalue weighted by Gasteiger charge is -2.12. The van der Waals surface area contributed by atoms with Gasteiger partial charge in [0.05, 0.1) is 16.9 Å². The van der Waals surface area contributed by atoms with E-state index in [1.54, 1.807) is 10.8 Å². The number of pyridine rings is 1. The van der Waals surface area contributed by atoms with Gasteiger partial charge in [-0.05, 0) is 43.2 Å². The highest BCUT2D eigenvalue weighted by molar-refractivity contribution is 5.83. The van der Waals surface area contributed by atoms with Crippen LogP contribution in [-0.2, 0) is 6.54 Å². The molecule has 3 heterocycles. The van der Waals surface area contributed by atoms with Crippen LogP contribution >= 0.6 is 0 Å². The maximum absolute atomic E-state index is 4.43. The van der Waals surface area contributed by atoms with E-state index in [2.05, 4.69) is 50.7 Å². The van der Waals surface area contributed by atoms with Crippen molar-refractivity contribution in [3.63, 3.8) is 0 Å². The van der Waals surface area contributed by atoms with Gasteiger partial charge in [0.25, 0.3) is 0 Å². The zero-order valence-corrected chi connectivity index (χ0v) is 13.0. The van der Waals surface area contributed by atoms with Crippen LogP contribution in [-0.4, -0.2) is 24.8 Å². The molecule has 0 aliphatic rings. The first-order valence-corrected chi connectivity index (χ1v) is 7.47. The Kier molecular flexibility index (Phi) is 3.15. The molecule has 4 rings (SSSR count). The first-order valence-electron chi connectivity index (χ1n) is 7.47. The lowest BCUT2D eigenvalue weighted by Crippen LogP contribution is -2.06. The summed E-state index contributed by atoms with van der Waals surface area (Å²) in [6.45, 7) is 4.77.